The quantitative estimate of drug-likeness (QED) is 0.270. The van der Waals surface area contributed by atoms with Gasteiger partial charge in [-0.25, -0.2) is 0 Å². The Labute approximate surface area is 201 Å². The third-order valence-corrected chi connectivity index (χ3v) is 6.01. The summed E-state index contributed by atoms with van der Waals surface area (Å²) in [6.45, 7) is 2.85. The van der Waals surface area contributed by atoms with Gasteiger partial charge in [-0.15, -0.1) is 0 Å². The van der Waals surface area contributed by atoms with Gasteiger partial charge in [0.05, 0.1) is 22.2 Å². The molecule has 0 unspecified atom stereocenters. The molecule has 0 spiro atoms. The van der Waals surface area contributed by atoms with E-state index in [2.05, 4.69) is 12.2 Å². The maximum Gasteiger partial charge on any atom is 0.276 e. The summed E-state index contributed by atoms with van der Waals surface area (Å²) in [5.41, 5.74) is 2.01. The molecule has 1 aliphatic rings. The van der Waals surface area contributed by atoms with Crippen molar-refractivity contribution in [1.82, 2.24) is 10.2 Å². The highest BCUT2D eigenvalue weighted by atomic mass is 35.5. The fourth-order valence-electron chi connectivity index (χ4n) is 3.03. The van der Waals surface area contributed by atoms with Crippen LogP contribution in [0, 0.1) is 0 Å². The zero-order valence-electron chi connectivity index (χ0n) is 17.0. The average Bonchev–Trinajstić information content (AvgIpc) is 3.00. The van der Waals surface area contributed by atoms with Gasteiger partial charge in [-0.05, 0) is 48.5 Å². The van der Waals surface area contributed by atoms with E-state index in [0.29, 0.717) is 43.9 Å². The predicted octanol–water partition coefficient (Wildman–Crippen LogP) is 6.09. The van der Waals surface area contributed by atoms with Gasteiger partial charge in [0, 0.05) is 18.2 Å². The SMILES string of the molecule is CCCCN1C(=O)/C(=C\c2ccc(OC)c(COc3cc(Cl)c(Cl)cc3Cl)c2)NC1=S. The summed E-state index contributed by atoms with van der Waals surface area (Å²) < 4.78 is 11.3. The Balaban J connectivity index is 1.81. The number of amides is 1. The Morgan fingerprint density at radius 3 is 2.55 bits per heavy atom. The molecule has 1 aliphatic heterocycles. The molecule has 0 atom stereocenters. The van der Waals surface area contributed by atoms with E-state index in [9.17, 15) is 4.79 Å². The highest BCUT2D eigenvalue weighted by Gasteiger charge is 2.29. The number of halogens is 3. The first-order valence-electron chi connectivity index (χ1n) is 9.62. The monoisotopic (exact) mass is 498 g/mol. The molecule has 0 bridgehead atoms. The maximum atomic E-state index is 12.7. The van der Waals surface area contributed by atoms with Crippen LogP contribution < -0.4 is 14.8 Å². The lowest BCUT2D eigenvalue weighted by atomic mass is 10.1. The normalized spacial score (nSPS) is 14.9. The van der Waals surface area contributed by atoms with Crippen molar-refractivity contribution in [3.63, 3.8) is 0 Å². The van der Waals surface area contributed by atoms with Crippen molar-refractivity contribution >= 4 is 64.1 Å². The molecule has 5 nitrogen and oxygen atoms in total. The van der Waals surface area contributed by atoms with Gasteiger partial charge < -0.3 is 14.8 Å². The first-order chi connectivity index (χ1) is 14.8. The lowest BCUT2D eigenvalue weighted by Crippen LogP contribution is -2.31. The molecule has 0 aliphatic carbocycles. The van der Waals surface area contributed by atoms with Gasteiger partial charge in [-0.3, -0.25) is 9.69 Å². The fourth-order valence-corrected chi connectivity index (χ4v) is 3.90. The molecule has 1 fully saturated rings. The number of hydrogen-bond acceptors (Lipinski definition) is 4. The van der Waals surface area contributed by atoms with Gasteiger partial charge in [0.25, 0.3) is 5.91 Å². The van der Waals surface area contributed by atoms with E-state index < -0.39 is 0 Å². The van der Waals surface area contributed by atoms with Crippen LogP contribution in [0.2, 0.25) is 15.1 Å². The Hall–Kier alpha value is -1.99. The van der Waals surface area contributed by atoms with Crippen LogP contribution in [0.25, 0.3) is 6.08 Å². The number of ether oxygens (including phenoxy) is 2. The molecule has 2 aromatic rings. The third kappa shape index (κ3) is 5.63. The Morgan fingerprint density at radius 2 is 1.84 bits per heavy atom. The summed E-state index contributed by atoms with van der Waals surface area (Å²) in [5.74, 6) is 0.921. The smallest absolute Gasteiger partial charge is 0.276 e. The number of nitrogens with zero attached hydrogens (tertiary/aromatic N) is 1. The Bertz CT molecular complexity index is 1040. The molecule has 1 amide bonds. The number of rotatable bonds is 8. The number of carbonyl (C=O) groups excluding carboxylic acids is 1. The highest BCUT2D eigenvalue weighted by Crippen LogP contribution is 2.35. The van der Waals surface area contributed by atoms with Crippen molar-refractivity contribution in [3.05, 3.63) is 62.2 Å². The summed E-state index contributed by atoms with van der Waals surface area (Å²) in [6, 6.07) is 8.65. The molecule has 3 rings (SSSR count). The number of thiocarbonyl (C=S) groups is 1. The Morgan fingerprint density at radius 1 is 1.10 bits per heavy atom. The van der Waals surface area contributed by atoms with Crippen molar-refractivity contribution in [2.75, 3.05) is 13.7 Å². The molecule has 164 valence electrons. The molecule has 0 aromatic heterocycles. The summed E-state index contributed by atoms with van der Waals surface area (Å²) >= 11 is 23.5. The van der Waals surface area contributed by atoms with Crippen LogP contribution in [0.4, 0.5) is 0 Å². The highest BCUT2D eigenvalue weighted by molar-refractivity contribution is 7.80. The average molecular weight is 500 g/mol. The van der Waals surface area contributed by atoms with Crippen LogP contribution in [0.3, 0.4) is 0 Å². The van der Waals surface area contributed by atoms with Gasteiger partial charge in [0.1, 0.15) is 23.8 Å². The maximum absolute atomic E-state index is 12.7. The number of methoxy groups -OCH3 is 1. The largest absolute Gasteiger partial charge is 0.496 e. The summed E-state index contributed by atoms with van der Waals surface area (Å²) in [4.78, 5) is 14.2. The topological polar surface area (TPSA) is 50.8 Å². The number of unbranched alkanes of at least 4 members (excludes halogenated alkanes) is 1. The minimum Gasteiger partial charge on any atom is -0.496 e. The van der Waals surface area contributed by atoms with E-state index in [1.54, 1.807) is 24.2 Å². The molecule has 1 saturated heterocycles. The van der Waals surface area contributed by atoms with E-state index in [0.717, 1.165) is 24.0 Å². The predicted molar refractivity (Wildman–Crippen MR) is 129 cm³/mol. The minimum absolute atomic E-state index is 0.130. The molecular weight excluding hydrogens is 479 g/mol. The van der Waals surface area contributed by atoms with E-state index in [4.69, 9.17) is 56.5 Å². The van der Waals surface area contributed by atoms with Crippen LogP contribution in [0.5, 0.6) is 11.5 Å². The third-order valence-electron chi connectivity index (χ3n) is 4.67. The van der Waals surface area contributed by atoms with E-state index in [1.807, 2.05) is 18.2 Å². The van der Waals surface area contributed by atoms with Crippen molar-refractivity contribution in [2.45, 2.75) is 26.4 Å². The minimum atomic E-state index is -0.130. The molecular formula is C22H21Cl3N2O3S. The first-order valence-corrected chi connectivity index (χ1v) is 11.2. The van der Waals surface area contributed by atoms with Gasteiger partial charge in [0.2, 0.25) is 0 Å². The second-order valence-corrected chi connectivity index (χ2v) is 8.46. The van der Waals surface area contributed by atoms with Crippen LogP contribution in [-0.2, 0) is 11.4 Å². The van der Waals surface area contributed by atoms with E-state index in [1.165, 1.54) is 6.07 Å². The molecule has 1 N–H and O–H groups in total. The van der Waals surface area contributed by atoms with Crippen LogP contribution >= 0.6 is 47.0 Å². The molecule has 0 radical (unpaired) electrons. The number of carbonyl (C=O) groups is 1. The molecule has 2 aromatic carbocycles. The van der Waals surface area contributed by atoms with Crippen LogP contribution in [0.1, 0.15) is 30.9 Å². The fraction of sp³-hybridized carbons (Fsp3) is 0.273. The van der Waals surface area contributed by atoms with Crippen molar-refractivity contribution in [2.24, 2.45) is 0 Å². The molecule has 0 saturated carbocycles. The van der Waals surface area contributed by atoms with Crippen LogP contribution in [0.15, 0.2) is 36.0 Å². The number of hydrogen-bond donors (Lipinski definition) is 1. The summed E-state index contributed by atoms with van der Waals surface area (Å²) in [5, 5.41) is 4.48. The van der Waals surface area contributed by atoms with Crippen LogP contribution in [-0.4, -0.2) is 29.6 Å². The summed E-state index contributed by atoms with van der Waals surface area (Å²) in [6.07, 6.45) is 3.63. The lowest BCUT2D eigenvalue weighted by molar-refractivity contribution is -0.122. The van der Waals surface area contributed by atoms with E-state index in [-0.39, 0.29) is 12.5 Å². The second-order valence-electron chi connectivity index (χ2n) is 6.86. The van der Waals surface area contributed by atoms with Gasteiger partial charge in [-0.2, -0.15) is 0 Å². The van der Waals surface area contributed by atoms with Gasteiger partial charge in [0.15, 0.2) is 5.11 Å². The molecule has 9 heteroatoms. The van der Waals surface area contributed by atoms with Gasteiger partial charge >= 0.3 is 0 Å². The van der Waals surface area contributed by atoms with Crippen molar-refractivity contribution < 1.29 is 14.3 Å². The first kappa shape index (κ1) is 23.7. The standard InChI is InChI=1S/C22H21Cl3N2O3S/c1-3-4-7-27-21(28)18(26-22(27)31)9-13-5-6-19(29-2)14(8-13)12-30-20-11-16(24)15(23)10-17(20)25/h5-6,8-11H,3-4,7,12H2,1-2H3,(H,26,31)/b18-9+. The van der Waals surface area contributed by atoms with Crippen molar-refractivity contribution in [1.29, 1.82) is 0 Å². The van der Waals surface area contributed by atoms with Gasteiger partial charge in [-0.1, -0.05) is 54.2 Å². The molecule has 31 heavy (non-hydrogen) atoms. The zero-order valence-corrected chi connectivity index (χ0v) is 20.1. The molecule has 1 heterocycles. The second kappa shape index (κ2) is 10.6. The van der Waals surface area contributed by atoms with E-state index >= 15 is 0 Å². The Kier molecular flexibility index (Phi) is 8.06. The van der Waals surface area contributed by atoms with Crippen molar-refractivity contribution in [3.8, 4) is 11.5 Å². The number of nitrogens with one attached hydrogen (secondary N) is 1. The number of benzene rings is 2. The lowest BCUT2D eigenvalue weighted by Gasteiger charge is -2.13. The zero-order chi connectivity index (χ0) is 22.5. The summed E-state index contributed by atoms with van der Waals surface area (Å²) in [7, 11) is 1.58.